The highest BCUT2D eigenvalue weighted by atomic mass is 15.3. The van der Waals surface area contributed by atoms with Crippen LogP contribution in [0.1, 0.15) is 31.4 Å². The van der Waals surface area contributed by atoms with E-state index in [1.54, 1.807) is 0 Å². The number of hydrogen-bond acceptors (Lipinski definition) is 2. The Balaban J connectivity index is 1.89. The summed E-state index contributed by atoms with van der Waals surface area (Å²) in [6, 6.07) is 8.69. The van der Waals surface area contributed by atoms with Gasteiger partial charge in [-0.1, -0.05) is 25.5 Å². The fourth-order valence-electron chi connectivity index (χ4n) is 1.95. The van der Waals surface area contributed by atoms with Crippen LogP contribution in [0.15, 0.2) is 36.7 Å². The summed E-state index contributed by atoms with van der Waals surface area (Å²) in [4.78, 5) is 0. The lowest BCUT2D eigenvalue weighted by molar-refractivity contribution is 0.659. The zero-order valence-corrected chi connectivity index (χ0v) is 11.2. The molecule has 18 heavy (non-hydrogen) atoms. The van der Waals surface area contributed by atoms with Gasteiger partial charge in [0.15, 0.2) is 0 Å². The molecule has 1 heterocycles. The van der Waals surface area contributed by atoms with Gasteiger partial charge in [-0.3, -0.25) is 4.68 Å². The Labute approximate surface area is 109 Å². The molecule has 0 aliphatic rings. The summed E-state index contributed by atoms with van der Waals surface area (Å²) in [6.07, 6.45) is 6.35. The van der Waals surface area contributed by atoms with Crippen molar-refractivity contribution < 1.29 is 0 Å². The second kappa shape index (κ2) is 6.24. The molecular weight excluding hydrogens is 222 g/mol. The predicted molar refractivity (Wildman–Crippen MR) is 75.7 cm³/mol. The van der Waals surface area contributed by atoms with Crippen LogP contribution in [0.2, 0.25) is 0 Å². The van der Waals surface area contributed by atoms with Crippen molar-refractivity contribution in [2.24, 2.45) is 0 Å². The average molecular weight is 243 g/mol. The van der Waals surface area contributed by atoms with Crippen molar-refractivity contribution in [1.82, 2.24) is 9.78 Å². The summed E-state index contributed by atoms with van der Waals surface area (Å²) >= 11 is 0. The van der Waals surface area contributed by atoms with E-state index in [2.05, 4.69) is 54.7 Å². The first-order valence-electron chi connectivity index (χ1n) is 6.66. The predicted octanol–water partition coefficient (Wildman–Crippen LogP) is 3.47. The molecule has 3 heteroatoms. The van der Waals surface area contributed by atoms with Crippen LogP contribution >= 0.6 is 0 Å². The van der Waals surface area contributed by atoms with E-state index < -0.39 is 0 Å². The van der Waals surface area contributed by atoms with E-state index in [4.69, 9.17) is 0 Å². The van der Waals surface area contributed by atoms with E-state index in [1.807, 2.05) is 10.9 Å². The number of nitrogens with one attached hydrogen (secondary N) is 1. The Morgan fingerprint density at radius 1 is 1.11 bits per heavy atom. The zero-order valence-electron chi connectivity index (χ0n) is 11.2. The summed E-state index contributed by atoms with van der Waals surface area (Å²) in [5.74, 6) is 0. The number of hydrogen-bond donors (Lipinski definition) is 1. The van der Waals surface area contributed by atoms with Crippen molar-refractivity contribution in [2.45, 2.75) is 39.8 Å². The van der Waals surface area contributed by atoms with Gasteiger partial charge in [-0.25, -0.2) is 0 Å². The molecule has 0 bridgehead atoms. The Morgan fingerprint density at radius 3 is 2.50 bits per heavy atom. The molecule has 3 nitrogen and oxygen atoms in total. The molecule has 0 aliphatic heterocycles. The number of rotatable bonds is 6. The number of aromatic nitrogens is 2. The summed E-state index contributed by atoms with van der Waals surface area (Å²) in [7, 11) is 0. The van der Waals surface area contributed by atoms with Crippen LogP contribution in [0, 0.1) is 0 Å². The molecule has 0 atom stereocenters. The van der Waals surface area contributed by atoms with E-state index in [-0.39, 0.29) is 0 Å². The normalized spacial score (nSPS) is 10.6. The summed E-state index contributed by atoms with van der Waals surface area (Å²) in [6.45, 7) is 6.05. The SMILES string of the molecule is CCCc1ccc(NCc2cnn(CC)c2)cc1. The maximum absolute atomic E-state index is 4.26. The second-order valence-corrected chi connectivity index (χ2v) is 4.50. The van der Waals surface area contributed by atoms with Gasteiger partial charge in [0.2, 0.25) is 0 Å². The Kier molecular flexibility index (Phi) is 4.40. The van der Waals surface area contributed by atoms with Gasteiger partial charge < -0.3 is 5.32 Å². The molecule has 2 aromatic rings. The van der Waals surface area contributed by atoms with E-state index in [1.165, 1.54) is 23.2 Å². The minimum atomic E-state index is 0.827. The first-order chi connectivity index (χ1) is 8.81. The van der Waals surface area contributed by atoms with Gasteiger partial charge in [0.05, 0.1) is 6.20 Å². The summed E-state index contributed by atoms with van der Waals surface area (Å²) < 4.78 is 1.95. The number of benzene rings is 1. The number of nitrogens with zero attached hydrogens (tertiary/aromatic N) is 2. The van der Waals surface area contributed by atoms with Gasteiger partial charge in [0.1, 0.15) is 0 Å². The van der Waals surface area contributed by atoms with Crippen LogP contribution in [-0.2, 0) is 19.5 Å². The standard InChI is InChI=1S/C15H21N3/c1-3-5-13-6-8-15(9-7-13)16-10-14-11-17-18(4-2)12-14/h6-9,11-12,16H,3-5,10H2,1-2H3. The first kappa shape index (κ1) is 12.7. The molecule has 0 spiro atoms. The molecule has 0 unspecified atom stereocenters. The third kappa shape index (κ3) is 3.36. The lowest BCUT2D eigenvalue weighted by atomic mass is 10.1. The molecule has 0 fully saturated rings. The topological polar surface area (TPSA) is 29.9 Å². The van der Waals surface area contributed by atoms with Crippen molar-refractivity contribution in [3.63, 3.8) is 0 Å². The molecular formula is C15H21N3. The van der Waals surface area contributed by atoms with Crippen LogP contribution in [0.5, 0.6) is 0 Å². The molecule has 1 N–H and O–H groups in total. The lowest BCUT2D eigenvalue weighted by Crippen LogP contribution is -1.98. The van der Waals surface area contributed by atoms with Crippen molar-refractivity contribution in [2.75, 3.05) is 5.32 Å². The quantitative estimate of drug-likeness (QED) is 0.842. The molecule has 0 amide bonds. The smallest absolute Gasteiger partial charge is 0.0539 e. The van der Waals surface area contributed by atoms with Crippen LogP contribution in [0.3, 0.4) is 0 Å². The van der Waals surface area contributed by atoms with Crippen LogP contribution in [-0.4, -0.2) is 9.78 Å². The molecule has 1 aromatic carbocycles. The van der Waals surface area contributed by atoms with E-state index in [0.29, 0.717) is 0 Å². The Hall–Kier alpha value is -1.77. The molecule has 0 aliphatic carbocycles. The first-order valence-corrected chi connectivity index (χ1v) is 6.66. The summed E-state index contributed by atoms with van der Waals surface area (Å²) in [5.41, 5.74) is 3.79. The number of anilines is 1. The van der Waals surface area contributed by atoms with Crippen LogP contribution < -0.4 is 5.32 Å². The fourth-order valence-corrected chi connectivity index (χ4v) is 1.95. The molecule has 2 rings (SSSR count). The van der Waals surface area contributed by atoms with Crippen LogP contribution in [0.25, 0.3) is 0 Å². The van der Waals surface area contributed by atoms with Gasteiger partial charge in [-0.15, -0.1) is 0 Å². The van der Waals surface area contributed by atoms with Gasteiger partial charge in [0.25, 0.3) is 0 Å². The van der Waals surface area contributed by atoms with Crippen molar-refractivity contribution in [3.8, 4) is 0 Å². The maximum Gasteiger partial charge on any atom is 0.0539 e. The zero-order chi connectivity index (χ0) is 12.8. The van der Waals surface area contributed by atoms with Gasteiger partial charge in [-0.2, -0.15) is 5.10 Å². The number of aryl methyl sites for hydroxylation is 2. The largest absolute Gasteiger partial charge is 0.381 e. The van der Waals surface area contributed by atoms with E-state index >= 15 is 0 Å². The summed E-state index contributed by atoms with van der Waals surface area (Å²) in [5, 5.41) is 7.68. The lowest BCUT2D eigenvalue weighted by Gasteiger charge is -2.06. The van der Waals surface area contributed by atoms with Crippen molar-refractivity contribution >= 4 is 5.69 Å². The van der Waals surface area contributed by atoms with Gasteiger partial charge in [0, 0.05) is 30.5 Å². The monoisotopic (exact) mass is 243 g/mol. The molecule has 1 aromatic heterocycles. The van der Waals surface area contributed by atoms with Crippen LogP contribution in [0.4, 0.5) is 5.69 Å². The maximum atomic E-state index is 4.26. The van der Waals surface area contributed by atoms with E-state index in [9.17, 15) is 0 Å². The molecule has 96 valence electrons. The highest BCUT2D eigenvalue weighted by Crippen LogP contribution is 2.12. The molecule has 0 saturated carbocycles. The Bertz CT molecular complexity index is 471. The second-order valence-electron chi connectivity index (χ2n) is 4.50. The average Bonchev–Trinajstić information content (AvgIpc) is 2.86. The highest BCUT2D eigenvalue weighted by molar-refractivity contribution is 5.45. The fraction of sp³-hybridized carbons (Fsp3) is 0.400. The van der Waals surface area contributed by atoms with E-state index in [0.717, 1.165) is 19.5 Å². The van der Waals surface area contributed by atoms with Gasteiger partial charge >= 0.3 is 0 Å². The highest BCUT2D eigenvalue weighted by Gasteiger charge is 1.98. The minimum Gasteiger partial charge on any atom is -0.381 e. The minimum absolute atomic E-state index is 0.827. The molecule has 0 radical (unpaired) electrons. The molecule has 0 saturated heterocycles. The van der Waals surface area contributed by atoms with Crippen molar-refractivity contribution in [1.29, 1.82) is 0 Å². The van der Waals surface area contributed by atoms with Gasteiger partial charge in [-0.05, 0) is 31.0 Å². The third-order valence-electron chi connectivity index (χ3n) is 3.00. The van der Waals surface area contributed by atoms with Crippen molar-refractivity contribution in [3.05, 3.63) is 47.8 Å². The third-order valence-corrected chi connectivity index (χ3v) is 3.00. The Morgan fingerprint density at radius 2 is 1.89 bits per heavy atom.